The molecule has 1 aliphatic carbocycles. The fraction of sp³-hybridized carbons (Fsp3) is 1.00. The van der Waals surface area contributed by atoms with Crippen molar-refractivity contribution in [2.75, 3.05) is 13.3 Å². The molecule has 0 bridgehead atoms. The minimum Gasteiger partial charge on any atom is -0.110 e. The molecule has 0 amide bonds. The summed E-state index contributed by atoms with van der Waals surface area (Å²) in [6, 6.07) is 0. The molecule has 7 heavy (non-hydrogen) atoms. The van der Waals surface area contributed by atoms with Gasteiger partial charge in [0.05, 0.1) is 0 Å². The summed E-state index contributed by atoms with van der Waals surface area (Å²) in [6.45, 7) is 4.78. The van der Waals surface area contributed by atoms with Crippen LogP contribution >= 0.6 is 7.92 Å². The van der Waals surface area contributed by atoms with Crippen LogP contribution < -0.4 is 0 Å². The van der Waals surface area contributed by atoms with E-state index in [9.17, 15) is 0 Å². The molecule has 42 valence electrons. The molecule has 0 heterocycles. The van der Waals surface area contributed by atoms with Crippen LogP contribution in [0.25, 0.3) is 0 Å². The van der Waals surface area contributed by atoms with Gasteiger partial charge in [-0.1, -0.05) is 6.42 Å². The predicted molar refractivity (Wildman–Crippen MR) is 36.4 cm³/mol. The van der Waals surface area contributed by atoms with E-state index in [0.29, 0.717) is 7.92 Å². The third kappa shape index (κ3) is 1.16. The third-order valence-corrected chi connectivity index (χ3v) is 3.78. The topological polar surface area (TPSA) is 0 Å². The fourth-order valence-corrected chi connectivity index (χ4v) is 2.30. The van der Waals surface area contributed by atoms with Crippen LogP contribution in [-0.2, 0) is 0 Å². The van der Waals surface area contributed by atoms with Gasteiger partial charge >= 0.3 is 0 Å². The summed E-state index contributed by atoms with van der Waals surface area (Å²) < 4.78 is 0. The first-order chi connectivity index (χ1) is 3.30. The number of hydrogen-bond acceptors (Lipinski definition) is 0. The van der Waals surface area contributed by atoms with Gasteiger partial charge in [0.1, 0.15) is 0 Å². The zero-order valence-corrected chi connectivity index (χ0v) is 6.04. The maximum Gasteiger partial charge on any atom is -0.0214 e. The van der Waals surface area contributed by atoms with Gasteiger partial charge in [-0.3, -0.25) is 0 Å². The van der Waals surface area contributed by atoms with Crippen molar-refractivity contribution in [3.05, 3.63) is 0 Å². The normalized spacial score (nSPS) is 22.7. The smallest absolute Gasteiger partial charge is 0.0214 e. The Morgan fingerprint density at radius 1 is 1.29 bits per heavy atom. The molecule has 0 aliphatic heterocycles. The standard InChI is InChI=1S/C6H13P/c1-7(2)6-4-3-5-6/h6H,3-5H2,1-2H3. The molecule has 1 aliphatic rings. The van der Waals surface area contributed by atoms with E-state index in [1.165, 1.54) is 19.3 Å². The molecule has 1 rings (SSSR count). The van der Waals surface area contributed by atoms with Crippen molar-refractivity contribution < 1.29 is 0 Å². The first-order valence-corrected chi connectivity index (χ1v) is 5.27. The highest BCUT2D eigenvalue weighted by molar-refractivity contribution is 7.56. The Kier molecular flexibility index (Phi) is 1.69. The molecule has 0 aromatic carbocycles. The second kappa shape index (κ2) is 2.13. The van der Waals surface area contributed by atoms with Gasteiger partial charge in [0.2, 0.25) is 0 Å². The maximum absolute atomic E-state index is 2.39. The quantitative estimate of drug-likeness (QED) is 0.461. The van der Waals surface area contributed by atoms with E-state index >= 15 is 0 Å². The van der Waals surface area contributed by atoms with E-state index in [1.807, 2.05) is 0 Å². The van der Waals surface area contributed by atoms with Crippen LogP contribution in [-0.4, -0.2) is 19.0 Å². The molecule has 1 fully saturated rings. The highest BCUT2D eigenvalue weighted by atomic mass is 31.1. The van der Waals surface area contributed by atoms with Crippen LogP contribution in [0.15, 0.2) is 0 Å². The van der Waals surface area contributed by atoms with E-state index in [0.717, 1.165) is 5.66 Å². The Labute approximate surface area is 47.1 Å². The van der Waals surface area contributed by atoms with Gasteiger partial charge in [0.15, 0.2) is 0 Å². The zero-order valence-electron chi connectivity index (χ0n) is 5.15. The lowest BCUT2D eigenvalue weighted by atomic mass is 10.00. The van der Waals surface area contributed by atoms with E-state index in [1.54, 1.807) is 0 Å². The summed E-state index contributed by atoms with van der Waals surface area (Å²) in [6.07, 6.45) is 4.56. The number of rotatable bonds is 1. The van der Waals surface area contributed by atoms with Crippen LogP contribution in [0.1, 0.15) is 19.3 Å². The fourth-order valence-electron chi connectivity index (χ4n) is 0.903. The number of hydrogen-bond donors (Lipinski definition) is 0. The zero-order chi connectivity index (χ0) is 5.28. The first-order valence-electron chi connectivity index (χ1n) is 2.97. The molecular formula is C6H13P. The molecule has 0 unspecified atom stereocenters. The van der Waals surface area contributed by atoms with Crippen LogP contribution in [0.4, 0.5) is 0 Å². The monoisotopic (exact) mass is 116 g/mol. The largest absolute Gasteiger partial charge is 0.110 e. The average Bonchev–Trinajstić information content (AvgIpc) is 1.23. The summed E-state index contributed by atoms with van der Waals surface area (Å²) in [4.78, 5) is 0. The second-order valence-electron chi connectivity index (χ2n) is 2.55. The van der Waals surface area contributed by atoms with Gasteiger partial charge in [-0.15, -0.1) is 7.92 Å². The van der Waals surface area contributed by atoms with Crippen molar-refractivity contribution in [1.29, 1.82) is 0 Å². The van der Waals surface area contributed by atoms with Crippen LogP contribution in [0.5, 0.6) is 0 Å². The SMILES string of the molecule is CP(C)C1CCC1. The van der Waals surface area contributed by atoms with Crippen LogP contribution in [0.2, 0.25) is 0 Å². The molecule has 0 radical (unpaired) electrons. The van der Waals surface area contributed by atoms with E-state index in [-0.39, 0.29) is 0 Å². The molecule has 1 saturated carbocycles. The van der Waals surface area contributed by atoms with Crippen LogP contribution in [0.3, 0.4) is 0 Å². The maximum atomic E-state index is 2.39. The summed E-state index contributed by atoms with van der Waals surface area (Å²) in [5.74, 6) is 0. The van der Waals surface area contributed by atoms with Crippen LogP contribution in [0, 0.1) is 0 Å². The molecule has 0 nitrogen and oxygen atoms in total. The summed E-state index contributed by atoms with van der Waals surface area (Å²) >= 11 is 0. The molecule has 1 heteroatoms. The van der Waals surface area contributed by atoms with Gasteiger partial charge in [0, 0.05) is 0 Å². The predicted octanol–water partition coefficient (Wildman–Crippen LogP) is 2.28. The minimum atomic E-state index is 0.425. The molecular weight excluding hydrogens is 103 g/mol. The van der Waals surface area contributed by atoms with Crippen molar-refractivity contribution >= 4 is 7.92 Å². The Morgan fingerprint density at radius 3 is 1.86 bits per heavy atom. The van der Waals surface area contributed by atoms with Crippen molar-refractivity contribution in [2.45, 2.75) is 24.9 Å². The van der Waals surface area contributed by atoms with Gasteiger partial charge in [0.25, 0.3) is 0 Å². The van der Waals surface area contributed by atoms with Gasteiger partial charge < -0.3 is 0 Å². The van der Waals surface area contributed by atoms with Gasteiger partial charge in [-0.25, -0.2) is 0 Å². The molecule has 0 spiro atoms. The lowest BCUT2D eigenvalue weighted by Gasteiger charge is -2.29. The van der Waals surface area contributed by atoms with E-state index in [2.05, 4.69) is 13.3 Å². The molecule has 0 aromatic rings. The van der Waals surface area contributed by atoms with E-state index in [4.69, 9.17) is 0 Å². The average molecular weight is 116 g/mol. The summed E-state index contributed by atoms with van der Waals surface area (Å²) in [7, 11) is 0.425. The highest BCUT2D eigenvalue weighted by Gasteiger charge is 2.19. The van der Waals surface area contributed by atoms with Crippen molar-refractivity contribution in [2.24, 2.45) is 0 Å². The van der Waals surface area contributed by atoms with E-state index < -0.39 is 0 Å². The summed E-state index contributed by atoms with van der Waals surface area (Å²) in [5.41, 5.74) is 1.15. The third-order valence-electron chi connectivity index (χ3n) is 1.80. The lowest BCUT2D eigenvalue weighted by Crippen LogP contribution is -2.14. The Morgan fingerprint density at radius 2 is 1.86 bits per heavy atom. The highest BCUT2D eigenvalue weighted by Crippen LogP contribution is 2.44. The second-order valence-corrected chi connectivity index (χ2v) is 5.21. The molecule has 0 aromatic heterocycles. The Balaban J connectivity index is 2.14. The minimum absolute atomic E-state index is 0.425. The lowest BCUT2D eigenvalue weighted by molar-refractivity contribution is 0.516. The molecule has 0 N–H and O–H groups in total. The summed E-state index contributed by atoms with van der Waals surface area (Å²) in [5, 5.41) is 0. The Bertz CT molecular complexity index is 55.2. The van der Waals surface area contributed by atoms with Crippen molar-refractivity contribution in [3.63, 3.8) is 0 Å². The van der Waals surface area contributed by atoms with Gasteiger partial charge in [-0.05, 0) is 31.8 Å². The van der Waals surface area contributed by atoms with Crippen molar-refractivity contribution in [1.82, 2.24) is 0 Å². The van der Waals surface area contributed by atoms with Crippen molar-refractivity contribution in [3.8, 4) is 0 Å². The Hall–Kier alpha value is 0.430. The molecule has 0 atom stereocenters. The first kappa shape index (κ1) is 5.56. The molecule has 0 saturated heterocycles. The van der Waals surface area contributed by atoms with Gasteiger partial charge in [-0.2, -0.15) is 0 Å².